The number of sulfone groups is 1. The molecule has 126 valence electrons. The number of hydrogen-bond donors (Lipinski definition) is 2. The van der Waals surface area contributed by atoms with E-state index in [1.165, 1.54) is 24.1 Å². The highest BCUT2D eigenvalue weighted by Gasteiger charge is 2.33. The van der Waals surface area contributed by atoms with Crippen LogP contribution >= 0.6 is 0 Å². The molecular weight excluding hydrogens is 326 g/mol. The van der Waals surface area contributed by atoms with Crippen LogP contribution in [0.2, 0.25) is 0 Å². The Hall–Kier alpha value is -2.29. The summed E-state index contributed by atoms with van der Waals surface area (Å²) >= 11 is 0. The second-order valence-electron chi connectivity index (χ2n) is 5.34. The van der Waals surface area contributed by atoms with Gasteiger partial charge in [-0.25, -0.2) is 13.2 Å². The van der Waals surface area contributed by atoms with E-state index in [9.17, 15) is 23.1 Å². The number of likely N-dealkylation sites (N-methyl/N-ethyl adjacent to an activating group) is 1. The quantitative estimate of drug-likeness (QED) is 0.732. The first-order valence-corrected chi connectivity index (χ1v) is 8.67. The molecular formula is C14H17NO7S. The summed E-state index contributed by atoms with van der Waals surface area (Å²) in [6.45, 7) is -0.563. The smallest absolute Gasteiger partial charge is 0.342 e. The third-order valence-electron chi connectivity index (χ3n) is 3.68. The third-order valence-corrected chi connectivity index (χ3v) is 5.43. The number of hydrogen-bond acceptors (Lipinski definition) is 7. The van der Waals surface area contributed by atoms with Crippen LogP contribution in [0.15, 0.2) is 18.2 Å². The highest BCUT2D eigenvalue weighted by molar-refractivity contribution is 7.91. The monoisotopic (exact) mass is 343 g/mol. The molecule has 2 rings (SSSR count). The van der Waals surface area contributed by atoms with Gasteiger partial charge in [-0.1, -0.05) is 0 Å². The van der Waals surface area contributed by atoms with Gasteiger partial charge < -0.3 is 19.8 Å². The lowest BCUT2D eigenvalue weighted by Crippen LogP contribution is -2.40. The molecule has 0 bridgehead atoms. The van der Waals surface area contributed by atoms with Crippen LogP contribution in [0.4, 0.5) is 0 Å². The largest absolute Gasteiger partial charge is 0.508 e. The second-order valence-corrected chi connectivity index (χ2v) is 7.57. The topological polar surface area (TPSA) is 121 Å². The lowest BCUT2D eigenvalue weighted by Gasteiger charge is -2.23. The zero-order valence-electron chi connectivity index (χ0n) is 12.4. The Labute approximate surface area is 133 Å². The number of phenols is 2. The van der Waals surface area contributed by atoms with E-state index in [0.29, 0.717) is 6.42 Å². The predicted octanol–water partition coefficient (Wildman–Crippen LogP) is -0.0999. The average molecular weight is 343 g/mol. The summed E-state index contributed by atoms with van der Waals surface area (Å²) in [5.41, 5.74) is -0.179. The first kappa shape index (κ1) is 17.1. The SMILES string of the molecule is CN(C(=O)COC(=O)c1ccc(O)cc1O)C1CCS(=O)(=O)C1. The first-order valence-electron chi connectivity index (χ1n) is 6.85. The first-order chi connectivity index (χ1) is 10.7. The molecule has 1 aliphatic rings. The van der Waals surface area contributed by atoms with Crippen molar-refractivity contribution in [3.63, 3.8) is 0 Å². The van der Waals surface area contributed by atoms with E-state index in [0.717, 1.165) is 6.07 Å². The fraction of sp³-hybridized carbons (Fsp3) is 0.429. The number of benzene rings is 1. The average Bonchev–Trinajstić information content (AvgIpc) is 2.83. The Morgan fingerprint density at radius 1 is 1.35 bits per heavy atom. The Bertz CT molecular complexity index is 729. The Kier molecular flexibility index (Phi) is 4.79. The van der Waals surface area contributed by atoms with Crippen molar-refractivity contribution < 1.29 is 33.0 Å². The molecule has 1 atom stereocenters. The van der Waals surface area contributed by atoms with Crippen molar-refractivity contribution in [2.75, 3.05) is 25.2 Å². The molecule has 0 aliphatic carbocycles. The van der Waals surface area contributed by atoms with Gasteiger partial charge in [-0.3, -0.25) is 4.79 Å². The number of carbonyl (C=O) groups excluding carboxylic acids is 2. The highest BCUT2D eigenvalue weighted by atomic mass is 32.2. The van der Waals surface area contributed by atoms with Crippen molar-refractivity contribution in [2.24, 2.45) is 0 Å². The van der Waals surface area contributed by atoms with Gasteiger partial charge in [0.15, 0.2) is 16.4 Å². The minimum Gasteiger partial charge on any atom is -0.508 e. The summed E-state index contributed by atoms with van der Waals surface area (Å²) in [6.07, 6.45) is 0.358. The van der Waals surface area contributed by atoms with Gasteiger partial charge in [0.05, 0.1) is 11.5 Å². The summed E-state index contributed by atoms with van der Waals surface area (Å²) in [4.78, 5) is 25.0. The van der Waals surface area contributed by atoms with Crippen LogP contribution in [0.1, 0.15) is 16.8 Å². The number of esters is 1. The molecule has 1 aliphatic heterocycles. The Balaban J connectivity index is 1.92. The van der Waals surface area contributed by atoms with Gasteiger partial charge in [0.2, 0.25) is 0 Å². The number of amides is 1. The van der Waals surface area contributed by atoms with Crippen LogP contribution in [-0.4, -0.2) is 66.6 Å². The molecule has 0 saturated carbocycles. The van der Waals surface area contributed by atoms with Crippen LogP contribution in [0.5, 0.6) is 11.5 Å². The van der Waals surface area contributed by atoms with Gasteiger partial charge in [-0.15, -0.1) is 0 Å². The Morgan fingerprint density at radius 2 is 2.04 bits per heavy atom. The normalized spacial score (nSPS) is 19.3. The molecule has 8 nitrogen and oxygen atoms in total. The predicted molar refractivity (Wildman–Crippen MR) is 79.9 cm³/mol. The van der Waals surface area contributed by atoms with Crippen molar-refractivity contribution >= 4 is 21.7 Å². The summed E-state index contributed by atoms with van der Waals surface area (Å²) in [5.74, 6) is -2.17. The van der Waals surface area contributed by atoms with Crippen molar-refractivity contribution in [3.8, 4) is 11.5 Å². The molecule has 9 heteroatoms. The molecule has 1 saturated heterocycles. The number of ether oxygens (including phenoxy) is 1. The van der Waals surface area contributed by atoms with Gasteiger partial charge in [0, 0.05) is 19.2 Å². The van der Waals surface area contributed by atoms with Gasteiger partial charge in [0.25, 0.3) is 5.91 Å². The molecule has 0 spiro atoms. The molecule has 0 radical (unpaired) electrons. The zero-order chi connectivity index (χ0) is 17.2. The van der Waals surface area contributed by atoms with Gasteiger partial charge in [-0.2, -0.15) is 0 Å². The molecule has 1 fully saturated rings. The van der Waals surface area contributed by atoms with Crippen molar-refractivity contribution in [1.82, 2.24) is 4.90 Å². The van der Waals surface area contributed by atoms with E-state index in [2.05, 4.69) is 0 Å². The van der Waals surface area contributed by atoms with Crippen molar-refractivity contribution in [2.45, 2.75) is 12.5 Å². The summed E-state index contributed by atoms with van der Waals surface area (Å²) in [6, 6.07) is 2.93. The van der Waals surface area contributed by atoms with E-state index >= 15 is 0 Å². The van der Waals surface area contributed by atoms with Crippen LogP contribution in [0.25, 0.3) is 0 Å². The van der Waals surface area contributed by atoms with Crippen molar-refractivity contribution in [1.29, 1.82) is 0 Å². The van der Waals surface area contributed by atoms with E-state index in [1.807, 2.05) is 0 Å². The molecule has 1 heterocycles. The van der Waals surface area contributed by atoms with Crippen LogP contribution in [-0.2, 0) is 19.4 Å². The molecule has 2 N–H and O–H groups in total. The zero-order valence-corrected chi connectivity index (χ0v) is 13.2. The summed E-state index contributed by atoms with van der Waals surface area (Å²) < 4.78 is 27.6. The maximum atomic E-state index is 12.0. The van der Waals surface area contributed by atoms with E-state index < -0.39 is 40.1 Å². The van der Waals surface area contributed by atoms with Crippen LogP contribution in [0, 0.1) is 0 Å². The highest BCUT2D eigenvalue weighted by Crippen LogP contribution is 2.23. The number of nitrogens with zero attached hydrogens (tertiary/aromatic N) is 1. The fourth-order valence-corrected chi connectivity index (χ4v) is 4.06. The second kappa shape index (κ2) is 6.45. The van der Waals surface area contributed by atoms with Crippen LogP contribution in [0.3, 0.4) is 0 Å². The van der Waals surface area contributed by atoms with Crippen molar-refractivity contribution in [3.05, 3.63) is 23.8 Å². The van der Waals surface area contributed by atoms with Gasteiger partial charge >= 0.3 is 5.97 Å². The lowest BCUT2D eigenvalue weighted by atomic mass is 10.2. The lowest BCUT2D eigenvalue weighted by molar-refractivity contribution is -0.134. The molecule has 1 aromatic rings. The molecule has 1 amide bonds. The molecule has 1 aromatic carbocycles. The number of rotatable bonds is 4. The van der Waals surface area contributed by atoms with Gasteiger partial charge in [-0.05, 0) is 18.6 Å². The van der Waals surface area contributed by atoms with Crippen LogP contribution < -0.4 is 0 Å². The number of carbonyl (C=O) groups is 2. The summed E-state index contributed by atoms with van der Waals surface area (Å²) in [7, 11) is -1.66. The minimum absolute atomic E-state index is 0.0382. The van der Waals surface area contributed by atoms with Gasteiger partial charge in [0.1, 0.15) is 17.1 Å². The fourth-order valence-electron chi connectivity index (χ4n) is 2.28. The van der Waals surface area contributed by atoms with E-state index in [-0.39, 0.29) is 22.8 Å². The molecule has 1 unspecified atom stereocenters. The molecule has 0 aromatic heterocycles. The maximum Gasteiger partial charge on any atom is 0.342 e. The van der Waals surface area contributed by atoms with E-state index in [1.54, 1.807) is 0 Å². The number of phenolic OH excluding ortho intramolecular Hbond substituents is 2. The standard InChI is InChI=1S/C14H17NO7S/c1-15(9-4-5-23(20,21)8-9)13(18)7-22-14(19)11-3-2-10(16)6-12(11)17/h2-3,6,9,16-17H,4-5,7-8H2,1H3. The molecule has 23 heavy (non-hydrogen) atoms. The Morgan fingerprint density at radius 3 is 2.61 bits per heavy atom. The van der Waals surface area contributed by atoms with E-state index in [4.69, 9.17) is 9.84 Å². The third kappa shape index (κ3) is 4.13. The number of aromatic hydroxyl groups is 2. The minimum atomic E-state index is -3.12. The maximum absolute atomic E-state index is 12.0. The summed E-state index contributed by atoms with van der Waals surface area (Å²) in [5, 5.41) is 18.7.